The van der Waals surface area contributed by atoms with Gasteiger partial charge in [0.15, 0.2) is 0 Å². The van der Waals surface area contributed by atoms with Gasteiger partial charge in [-0.2, -0.15) is 0 Å². The lowest BCUT2D eigenvalue weighted by Crippen LogP contribution is -2.15. The largest absolute Gasteiger partial charge is 0.389 e. The van der Waals surface area contributed by atoms with Crippen LogP contribution in [0.4, 0.5) is 10.1 Å². The van der Waals surface area contributed by atoms with Crippen LogP contribution in [0, 0.1) is 5.82 Å². The van der Waals surface area contributed by atoms with Crippen molar-refractivity contribution in [3.63, 3.8) is 0 Å². The first-order chi connectivity index (χ1) is 8.18. The van der Waals surface area contributed by atoms with E-state index >= 15 is 0 Å². The lowest BCUT2D eigenvalue weighted by Gasteiger charge is -2.11. The Bertz CT molecular complexity index is 523. The molecule has 0 aliphatic rings. The fraction of sp³-hybridized carbons (Fsp3) is 0.0833. The molecular weight excluding hydrogens is 255 g/mol. The summed E-state index contributed by atoms with van der Waals surface area (Å²) in [6, 6.07) is 8.74. The summed E-state index contributed by atoms with van der Waals surface area (Å²) in [6.07, 6.45) is 0. The summed E-state index contributed by atoms with van der Waals surface area (Å²) < 4.78 is 13.6. The van der Waals surface area contributed by atoms with Gasteiger partial charge < -0.3 is 11.1 Å². The molecule has 0 unspecified atom stereocenters. The summed E-state index contributed by atoms with van der Waals surface area (Å²) in [7, 11) is 0. The summed E-state index contributed by atoms with van der Waals surface area (Å²) in [6.45, 7) is 0.636. The van der Waals surface area contributed by atoms with Crippen LogP contribution in [-0.4, -0.2) is 4.99 Å². The maximum atomic E-state index is 13.6. The summed E-state index contributed by atoms with van der Waals surface area (Å²) in [5.41, 5.74) is 6.43. The van der Waals surface area contributed by atoms with Crippen molar-refractivity contribution >= 4 is 34.2 Å². The fourth-order valence-electron chi connectivity index (χ4n) is 1.52. The SMILES string of the molecule is NC(=S)c1c(F)cccc1NCc1cccs1. The number of nitrogens with one attached hydrogen (secondary N) is 1. The molecule has 5 heteroatoms. The van der Waals surface area contributed by atoms with Gasteiger partial charge in [0, 0.05) is 17.1 Å². The van der Waals surface area contributed by atoms with Crippen LogP contribution in [-0.2, 0) is 6.54 Å². The van der Waals surface area contributed by atoms with Crippen LogP contribution in [0.25, 0.3) is 0 Å². The molecule has 0 bridgehead atoms. The van der Waals surface area contributed by atoms with Crippen LogP contribution in [0.1, 0.15) is 10.4 Å². The second-order valence-electron chi connectivity index (χ2n) is 3.46. The molecule has 0 aliphatic carbocycles. The van der Waals surface area contributed by atoms with Crippen molar-refractivity contribution in [2.24, 2.45) is 5.73 Å². The molecule has 2 aromatic rings. The topological polar surface area (TPSA) is 38.0 Å². The molecule has 3 N–H and O–H groups in total. The molecule has 2 rings (SSSR count). The minimum atomic E-state index is -0.395. The van der Waals surface area contributed by atoms with Gasteiger partial charge in [-0.1, -0.05) is 24.4 Å². The Kier molecular flexibility index (Phi) is 3.71. The Morgan fingerprint density at radius 3 is 2.82 bits per heavy atom. The van der Waals surface area contributed by atoms with E-state index in [1.54, 1.807) is 23.5 Å². The van der Waals surface area contributed by atoms with Gasteiger partial charge in [-0.05, 0) is 23.6 Å². The van der Waals surface area contributed by atoms with Gasteiger partial charge in [0.05, 0.1) is 5.56 Å². The second-order valence-corrected chi connectivity index (χ2v) is 4.93. The molecule has 0 saturated heterocycles. The van der Waals surface area contributed by atoms with Crippen LogP contribution in [0.3, 0.4) is 0 Å². The van der Waals surface area contributed by atoms with E-state index < -0.39 is 5.82 Å². The zero-order chi connectivity index (χ0) is 12.3. The van der Waals surface area contributed by atoms with Gasteiger partial charge in [-0.25, -0.2) is 4.39 Å². The summed E-state index contributed by atoms with van der Waals surface area (Å²) in [5, 5.41) is 5.14. The van der Waals surface area contributed by atoms with E-state index in [1.165, 1.54) is 10.9 Å². The van der Waals surface area contributed by atoms with E-state index in [4.69, 9.17) is 18.0 Å². The van der Waals surface area contributed by atoms with Crippen LogP contribution in [0.15, 0.2) is 35.7 Å². The van der Waals surface area contributed by atoms with Crippen molar-refractivity contribution in [3.8, 4) is 0 Å². The molecule has 0 spiro atoms. The maximum Gasteiger partial charge on any atom is 0.135 e. The Balaban J connectivity index is 2.21. The Labute approximate surface area is 108 Å². The quantitative estimate of drug-likeness (QED) is 0.835. The smallest absolute Gasteiger partial charge is 0.135 e. The third-order valence-electron chi connectivity index (χ3n) is 2.29. The van der Waals surface area contributed by atoms with Crippen LogP contribution in [0.2, 0.25) is 0 Å². The standard InChI is InChI=1S/C12H11FN2S2/c13-9-4-1-5-10(11(9)12(14)16)15-7-8-3-2-6-17-8/h1-6,15H,7H2,(H2,14,16). The number of rotatable bonds is 4. The minimum Gasteiger partial charge on any atom is -0.389 e. The van der Waals surface area contributed by atoms with Crippen LogP contribution < -0.4 is 11.1 Å². The van der Waals surface area contributed by atoms with Crippen molar-refractivity contribution in [1.82, 2.24) is 0 Å². The average molecular weight is 266 g/mol. The van der Waals surface area contributed by atoms with Gasteiger partial charge in [-0.3, -0.25) is 0 Å². The number of benzene rings is 1. The van der Waals surface area contributed by atoms with Crippen molar-refractivity contribution < 1.29 is 4.39 Å². The van der Waals surface area contributed by atoms with E-state index in [0.717, 1.165) is 0 Å². The molecule has 0 radical (unpaired) electrons. The van der Waals surface area contributed by atoms with Crippen LogP contribution >= 0.6 is 23.6 Å². The van der Waals surface area contributed by atoms with Gasteiger partial charge in [-0.15, -0.1) is 11.3 Å². The third kappa shape index (κ3) is 2.81. The molecule has 0 fully saturated rings. The number of thiophene rings is 1. The number of halogens is 1. The first-order valence-corrected chi connectivity index (χ1v) is 6.32. The van der Waals surface area contributed by atoms with E-state index in [9.17, 15) is 4.39 Å². The van der Waals surface area contributed by atoms with Crippen molar-refractivity contribution in [2.45, 2.75) is 6.54 Å². The molecule has 1 aromatic carbocycles. The summed E-state index contributed by atoms with van der Waals surface area (Å²) in [4.78, 5) is 1.24. The highest BCUT2D eigenvalue weighted by Crippen LogP contribution is 2.20. The number of thiocarbonyl (C=S) groups is 1. The second kappa shape index (κ2) is 5.25. The molecule has 0 atom stereocenters. The Morgan fingerprint density at radius 1 is 1.35 bits per heavy atom. The monoisotopic (exact) mass is 266 g/mol. The van der Waals surface area contributed by atoms with Crippen molar-refractivity contribution in [1.29, 1.82) is 0 Å². The predicted octanol–water partition coefficient (Wildman–Crippen LogP) is 3.13. The minimum absolute atomic E-state index is 0.0665. The molecular formula is C12H11FN2S2. The highest BCUT2D eigenvalue weighted by Gasteiger charge is 2.10. The van der Waals surface area contributed by atoms with Crippen molar-refractivity contribution in [2.75, 3.05) is 5.32 Å². The third-order valence-corrected chi connectivity index (χ3v) is 3.37. The van der Waals surface area contributed by atoms with E-state index in [1.807, 2.05) is 17.5 Å². The Hall–Kier alpha value is -1.46. The van der Waals surface area contributed by atoms with Gasteiger partial charge >= 0.3 is 0 Å². The van der Waals surface area contributed by atoms with Crippen LogP contribution in [0.5, 0.6) is 0 Å². The van der Waals surface area contributed by atoms with E-state index in [2.05, 4.69) is 5.32 Å². The van der Waals surface area contributed by atoms with Gasteiger partial charge in [0.1, 0.15) is 10.8 Å². The number of hydrogen-bond acceptors (Lipinski definition) is 3. The summed E-state index contributed by atoms with van der Waals surface area (Å²) in [5.74, 6) is -0.395. The molecule has 0 saturated carbocycles. The molecule has 0 amide bonds. The zero-order valence-electron chi connectivity index (χ0n) is 8.94. The lowest BCUT2D eigenvalue weighted by atomic mass is 10.1. The predicted molar refractivity (Wildman–Crippen MR) is 73.9 cm³/mol. The highest BCUT2D eigenvalue weighted by molar-refractivity contribution is 7.80. The lowest BCUT2D eigenvalue weighted by molar-refractivity contribution is 0.626. The first-order valence-electron chi connectivity index (χ1n) is 5.03. The summed E-state index contributed by atoms with van der Waals surface area (Å²) >= 11 is 6.49. The Morgan fingerprint density at radius 2 is 2.18 bits per heavy atom. The molecule has 1 heterocycles. The first kappa shape index (κ1) is 12.0. The highest BCUT2D eigenvalue weighted by atomic mass is 32.1. The maximum absolute atomic E-state index is 13.6. The molecule has 1 aromatic heterocycles. The van der Waals surface area contributed by atoms with E-state index in [0.29, 0.717) is 12.2 Å². The van der Waals surface area contributed by atoms with E-state index in [-0.39, 0.29) is 10.6 Å². The average Bonchev–Trinajstić information content (AvgIpc) is 2.78. The van der Waals surface area contributed by atoms with Crippen molar-refractivity contribution in [3.05, 3.63) is 52.0 Å². The fourth-order valence-corrected chi connectivity index (χ4v) is 2.37. The number of anilines is 1. The number of nitrogens with two attached hydrogens (primary N) is 1. The number of hydrogen-bond donors (Lipinski definition) is 2. The zero-order valence-corrected chi connectivity index (χ0v) is 10.6. The van der Waals surface area contributed by atoms with Gasteiger partial charge in [0.2, 0.25) is 0 Å². The molecule has 0 aliphatic heterocycles. The van der Waals surface area contributed by atoms with Gasteiger partial charge in [0.25, 0.3) is 0 Å². The molecule has 17 heavy (non-hydrogen) atoms. The molecule has 88 valence electrons. The molecule has 2 nitrogen and oxygen atoms in total. The normalized spacial score (nSPS) is 10.2.